The Labute approximate surface area is 118 Å². The monoisotopic (exact) mass is 311 g/mol. The van der Waals surface area contributed by atoms with E-state index in [0.717, 1.165) is 28.8 Å². The number of nitrogen functional groups attached to an aromatic ring is 1. The summed E-state index contributed by atoms with van der Waals surface area (Å²) in [5, 5.41) is 0. The van der Waals surface area contributed by atoms with Gasteiger partial charge in [-0.1, -0.05) is 0 Å². The fraction of sp³-hybridized carbons (Fsp3) is 0.571. The van der Waals surface area contributed by atoms with Gasteiger partial charge in [-0.25, -0.2) is 0 Å². The molecule has 1 aliphatic heterocycles. The Morgan fingerprint density at radius 3 is 2.33 bits per heavy atom. The van der Waals surface area contributed by atoms with E-state index < -0.39 is 0 Å². The molecule has 1 aromatic rings. The quantitative estimate of drug-likeness (QED) is 0.809. The first-order valence-electron chi connectivity index (χ1n) is 6.42. The number of nitrogens with zero attached hydrogens (tertiary/aromatic N) is 2. The summed E-state index contributed by atoms with van der Waals surface area (Å²) >= 11 is 3.64. The maximum Gasteiger partial charge on any atom is 0.0515 e. The molecule has 0 spiro atoms. The minimum Gasteiger partial charge on any atom is -0.398 e. The molecule has 1 fully saturated rings. The third-order valence-corrected chi connectivity index (χ3v) is 4.67. The number of hydrogen-bond acceptors (Lipinski definition) is 3. The molecular formula is C14H22BrN3. The highest BCUT2D eigenvalue weighted by Crippen LogP contribution is 2.32. The van der Waals surface area contributed by atoms with Crippen LogP contribution in [0.5, 0.6) is 0 Å². The van der Waals surface area contributed by atoms with Gasteiger partial charge in [0.2, 0.25) is 0 Å². The van der Waals surface area contributed by atoms with Gasteiger partial charge in [0.1, 0.15) is 0 Å². The van der Waals surface area contributed by atoms with Crippen LogP contribution in [-0.2, 0) is 0 Å². The lowest BCUT2D eigenvalue weighted by Gasteiger charge is -2.44. The van der Waals surface area contributed by atoms with Crippen LogP contribution in [-0.4, -0.2) is 37.1 Å². The number of rotatable bonds is 1. The summed E-state index contributed by atoms with van der Waals surface area (Å²) in [6, 6.07) is 5.33. The number of halogens is 1. The van der Waals surface area contributed by atoms with Crippen molar-refractivity contribution in [2.45, 2.75) is 32.9 Å². The van der Waals surface area contributed by atoms with E-state index in [9.17, 15) is 0 Å². The van der Waals surface area contributed by atoms with E-state index in [1.165, 1.54) is 5.69 Å². The molecule has 1 aromatic carbocycles. The molecule has 0 saturated carbocycles. The van der Waals surface area contributed by atoms with Crippen LogP contribution >= 0.6 is 15.9 Å². The number of benzene rings is 1. The Bertz CT molecular complexity index is 435. The maximum absolute atomic E-state index is 5.94. The Hall–Kier alpha value is -0.740. The van der Waals surface area contributed by atoms with Crippen molar-refractivity contribution in [2.75, 3.05) is 30.8 Å². The summed E-state index contributed by atoms with van der Waals surface area (Å²) < 4.78 is 1.09. The lowest BCUT2D eigenvalue weighted by Crippen LogP contribution is -2.55. The molecule has 2 atom stereocenters. The van der Waals surface area contributed by atoms with E-state index in [1.54, 1.807) is 0 Å². The SMILES string of the molecule is Cc1cc(N2CC(C)N(C)C(C)C2)c(Br)cc1N. The minimum atomic E-state index is 0.568. The lowest BCUT2D eigenvalue weighted by atomic mass is 10.1. The van der Waals surface area contributed by atoms with Gasteiger partial charge in [-0.2, -0.15) is 0 Å². The summed E-state index contributed by atoms with van der Waals surface area (Å²) in [6.45, 7) is 8.74. The molecule has 0 aromatic heterocycles. The number of hydrogen-bond donors (Lipinski definition) is 1. The third kappa shape index (κ3) is 2.50. The molecule has 0 aliphatic carbocycles. The molecule has 100 valence electrons. The van der Waals surface area contributed by atoms with Crippen LogP contribution in [0.15, 0.2) is 16.6 Å². The van der Waals surface area contributed by atoms with Crippen molar-refractivity contribution in [1.82, 2.24) is 4.90 Å². The average Bonchev–Trinajstić information content (AvgIpc) is 2.30. The summed E-state index contributed by atoms with van der Waals surface area (Å²) in [5.74, 6) is 0. The highest BCUT2D eigenvalue weighted by atomic mass is 79.9. The highest BCUT2D eigenvalue weighted by Gasteiger charge is 2.27. The van der Waals surface area contributed by atoms with Crippen LogP contribution in [0, 0.1) is 6.92 Å². The van der Waals surface area contributed by atoms with Gasteiger partial charge in [-0.3, -0.25) is 4.90 Å². The van der Waals surface area contributed by atoms with Gasteiger partial charge in [-0.15, -0.1) is 0 Å². The molecule has 0 radical (unpaired) electrons. The fourth-order valence-electron chi connectivity index (χ4n) is 2.53. The van der Waals surface area contributed by atoms with E-state index in [2.05, 4.69) is 59.6 Å². The minimum absolute atomic E-state index is 0.568. The molecule has 18 heavy (non-hydrogen) atoms. The van der Waals surface area contributed by atoms with Crippen molar-refractivity contribution in [2.24, 2.45) is 0 Å². The number of anilines is 2. The maximum atomic E-state index is 5.94. The number of aryl methyl sites for hydroxylation is 1. The van der Waals surface area contributed by atoms with Gasteiger partial charge in [0.25, 0.3) is 0 Å². The summed E-state index contributed by atoms with van der Waals surface area (Å²) in [4.78, 5) is 4.89. The van der Waals surface area contributed by atoms with E-state index in [-0.39, 0.29) is 0 Å². The highest BCUT2D eigenvalue weighted by molar-refractivity contribution is 9.10. The molecular weight excluding hydrogens is 290 g/mol. The number of likely N-dealkylation sites (N-methyl/N-ethyl adjacent to an activating group) is 1. The summed E-state index contributed by atoms with van der Waals surface area (Å²) in [5.41, 5.74) is 9.19. The normalized spacial score (nSPS) is 25.5. The average molecular weight is 312 g/mol. The number of nitrogens with two attached hydrogens (primary N) is 1. The molecule has 0 bridgehead atoms. The van der Waals surface area contributed by atoms with Crippen LogP contribution < -0.4 is 10.6 Å². The first-order valence-corrected chi connectivity index (χ1v) is 7.22. The largest absolute Gasteiger partial charge is 0.398 e. The van der Waals surface area contributed by atoms with Gasteiger partial charge in [0.15, 0.2) is 0 Å². The van der Waals surface area contributed by atoms with E-state index in [1.807, 2.05) is 6.07 Å². The second kappa shape index (κ2) is 5.10. The van der Waals surface area contributed by atoms with E-state index >= 15 is 0 Å². The van der Waals surface area contributed by atoms with Crippen molar-refractivity contribution in [3.8, 4) is 0 Å². The lowest BCUT2D eigenvalue weighted by molar-refractivity contribution is 0.170. The van der Waals surface area contributed by atoms with E-state index in [0.29, 0.717) is 12.1 Å². The summed E-state index contributed by atoms with van der Waals surface area (Å²) in [6.07, 6.45) is 0. The Balaban J connectivity index is 2.29. The van der Waals surface area contributed by atoms with Crippen molar-refractivity contribution in [1.29, 1.82) is 0 Å². The molecule has 3 nitrogen and oxygen atoms in total. The predicted molar refractivity (Wildman–Crippen MR) is 82.2 cm³/mol. The molecule has 1 aliphatic rings. The third-order valence-electron chi connectivity index (χ3n) is 4.04. The van der Waals surface area contributed by atoms with Crippen LogP contribution in [0.25, 0.3) is 0 Å². The molecule has 4 heteroatoms. The zero-order chi connectivity index (χ0) is 13.4. The van der Waals surface area contributed by atoms with Gasteiger partial charge >= 0.3 is 0 Å². The van der Waals surface area contributed by atoms with Crippen LogP contribution in [0.3, 0.4) is 0 Å². The fourth-order valence-corrected chi connectivity index (χ4v) is 3.14. The van der Waals surface area contributed by atoms with Gasteiger partial charge in [-0.05, 0) is 61.4 Å². The van der Waals surface area contributed by atoms with Crippen LogP contribution in [0.2, 0.25) is 0 Å². The molecule has 2 N–H and O–H groups in total. The first-order chi connectivity index (χ1) is 8.40. The first kappa shape index (κ1) is 13.7. The predicted octanol–water partition coefficient (Wildman–Crippen LogP) is 2.87. The second-order valence-corrected chi connectivity index (χ2v) is 6.28. The second-order valence-electron chi connectivity index (χ2n) is 5.43. The van der Waals surface area contributed by atoms with Crippen LogP contribution in [0.4, 0.5) is 11.4 Å². The summed E-state index contributed by atoms with van der Waals surface area (Å²) in [7, 11) is 2.20. The van der Waals surface area contributed by atoms with Crippen LogP contribution in [0.1, 0.15) is 19.4 Å². The Kier molecular flexibility index (Phi) is 3.87. The van der Waals surface area contributed by atoms with Crippen molar-refractivity contribution in [3.63, 3.8) is 0 Å². The molecule has 1 heterocycles. The van der Waals surface area contributed by atoms with Crippen molar-refractivity contribution >= 4 is 27.3 Å². The number of piperazine rings is 1. The van der Waals surface area contributed by atoms with Crippen molar-refractivity contribution < 1.29 is 0 Å². The Morgan fingerprint density at radius 1 is 1.22 bits per heavy atom. The smallest absolute Gasteiger partial charge is 0.0515 e. The topological polar surface area (TPSA) is 32.5 Å². The molecule has 1 saturated heterocycles. The van der Waals surface area contributed by atoms with Crippen molar-refractivity contribution in [3.05, 3.63) is 22.2 Å². The zero-order valence-electron chi connectivity index (χ0n) is 11.6. The molecule has 0 amide bonds. The van der Waals surface area contributed by atoms with E-state index in [4.69, 9.17) is 5.73 Å². The van der Waals surface area contributed by atoms with Gasteiger partial charge < -0.3 is 10.6 Å². The Morgan fingerprint density at radius 2 is 1.78 bits per heavy atom. The van der Waals surface area contributed by atoms with Gasteiger partial charge in [0.05, 0.1) is 5.69 Å². The zero-order valence-corrected chi connectivity index (χ0v) is 13.2. The molecule has 2 unspecified atom stereocenters. The molecule has 2 rings (SSSR count). The standard InChI is InChI=1S/C14H22BrN3/c1-9-5-14(12(15)6-13(9)16)18-7-10(2)17(4)11(3)8-18/h5-6,10-11H,7-8,16H2,1-4H3. The van der Waals surface area contributed by atoms with Gasteiger partial charge in [0, 0.05) is 35.3 Å².